The van der Waals surface area contributed by atoms with Crippen LogP contribution < -0.4 is 10.7 Å². The summed E-state index contributed by atoms with van der Waals surface area (Å²) in [6.45, 7) is 6.46. The normalized spacial score (nSPS) is 11.3. The van der Waals surface area contributed by atoms with E-state index in [4.69, 9.17) is 0 Å². The Morgan fingerprint density at radius 1 is 1.00 bits per heavy atom. The van der Waals surface area contributed by atoms with E-state index in [0.29, 0.717) is 11.9 Å². The van der Waals surface area contributed by atoms with Crippen LogP contribution in [0.1, 0.15) is 32.7 Å². The quantitative estimate of drug-likeness (QED) is 0.615. The molecule has 26 heavy (non-hydrogen) atoms. The van der Waals surface area contributed by atoms with E-state index in [-0.39, 0.29) is 16.9 Å². The molecule has 0 fully saturated rings. The molecule has 0 bridgehead atoms. The minimum absolute atomic E-state index is 0.177. The summed E-state index contributed by atoms with van der Waals surface area (Å²) in [5, 5.41) is 4.51. The Kier molecular flexibility index (Phi) is 3.76. The van der Waals surface area contributed by atoms with E-state index in [9.17, 15) is 9.59 Å². The van der Waals surface area contributed by atoms with Gasteiger partial charge in [-0.15, -0.1) is 0 Å². The predicted octanol–water partition coefficient (Wildman–Crippen LogP) is 3.75. The maximum Gasteiger partial charge on any atom is 0.257 e. The van der Waals surface area contributed by atoms with Crippen molar-refractivity contribution in [2.24, 2.45) is 0 Å². The van der Waals surface area contributed by atoms with Crippen LogP contribution in [0.2, 0.25) is 0 Å². The first-order chi connectivity index (χ1) is 12.5. The number of pyridine rings is 1. The molecule has 4 aromatic rings. The van der Waals surface area contributed by atoms with Gasteiger partial charge in [0.1, 0.15) is 5.56 Å². The monoisotopic (exact) mass is 344 g/mol. The third-order valence-electron chi connectivity index (χ3n) is 5.15. The molecule has 0 saturated carbocycles. The van der Waals surface area contributed by atoms with Crippen molar-refractivity contribution in [3.8, 4) is 0 Å². The molecule has 2 aromatic heterocycles. The van der Waals surface area contributed by atoms with Crippen LogP contribution in [0.4, 0.5) is 0 Å². The number of aromatic nitrogens is 1. The van der Waals surface area contributed by atoms with Gasteiger partial charge in [-0.1, -0.05) is 42.0 Å². The first-order valence-corrected chi connectivity index (χ1v) is 8.67. The molecule has 1 N–H and O–H groups in total. The van der Waals surface area contributed by atoms with Crippen LogP contribution >= 0.6 is 0 Å². The first kappa shape index (κ1) is 16.3. The number of nitrogens with one attached hydrogen (secondary N) is 1. The number of hydrogen-bond acceptors (Lipinski definition) is 2. The summed E-state index contributed by atoms with van der Waals surface area (Å²) in [6.07, 6.45) is 1.67. The smallest absolute Gasteiger partial charge is 0.257 e. The lowest BCUT2D eigenvalue weighted by atomic mass is 10.1. The summed E-state index contributed by atoms with van der Waals surface area (Å²) in [5.74, 6) is -0.344. The van der Waals surface area contributed by atoms with Crippen molar-refractivity contribution in [3.63, 3.8) is 0 Å². The number of carbonyl (C=O) groups is 1. The second-order valence-corrected chi connectivity index (χ2v) is 6.82. The topological polar surface area (TPSA) is 50.6 Å². The second kappa shape index (κ2) is 5.99. The Morgan fingerprint density at radius 2 is 1.69 bits per heavy atom. The Morgan fingerprint density at radius 3 is 2.42 bits per heavy atom. The van der Waals surface area contributed by atoms with Gasteiger partial charge in [0.15, 0.2) is 0 Å². The van der Waals surface area contributed by atoms with Crippen molar-refractivity contribution < 1.29 is 4.79 Å². The SMILES string of the molecule is Cc1ccc(CNC(=O)c2cn3c(C)c(C)c4cccc(c2=O)c43)cc1. The van der Waals surface area contributed by atoms with Gasteiger partial charge in [-0.2, -0.15) is 0 Å². The highest BCUT2D eigenvalue weighted by molar-refractivity contribution is 6.03. The third kappa shape index (κ3) is 2.46. The van der Waals surface area contributed by atoms with Crippen LogP contribution in [-0.4, -0.2) is 10.3 Å². The molecule has 130 valence electrons. The molecule has 0 aliphatic rings. The maximum absolute atomic E-state index is 12.9. The van der Waals surface area contributed by atoms with Crippen LogP contribution in [0.5, 0.6) is 0 Å². The molecule has 0 atom stereocenters. The molecular formula is C22H20N2O2. The van der Waals surface area contributed by atoms with Crippen molar-refractivity contribution >= 4 is 22.2 Å². The fourth-order valence-corrected chi connectivity index (χ4v) is 3.47. The summed E-state index contributed by atoms with van der Waals surface area (Å²) < 4.78 is 1.96. The van der Waals surface area contributed by atoms with Gasteiger partial charge in [-0.25, -0.2) is 0 Å². The van der Waals surface area contributed by atoms with E-state index in [0.717, 1.165) is 27.7 Å². The van der Waals surface area contributed by atoms with Gasteiger partial charge in [0.25, 0.3) is 5.91 Å². The highest BCUT2D eigenvalue weighted by Gasteiger charge is 2.18. The molecule has 0 spiro atoms. The Hall–Kier alpha value is -3.14. The van der Waals surface area contributed by atoms with Crippen LogP contribution in [0.3, 0.4) is 0 Å². The zero-order valence-corrected chi connectivity index (χ0v) is 15.1. The Balaban J connectivity index is 1.75. The van der Waals surface area contributed by atoms with Gasteiger partial charge in [-0.05, 0) is 38.0 Å². The maximum atomic E-state index is 12.9. The van der Waals surface area contributed by atoms with Crippen LogP contribution in [0, 0.1) is 20.8 Å². The number of benzene rings is 2. The fraction of sp³-hybridized carbons (Fsp3) is 0.182. The van der Waals surface area contributed by atoms with Gasteiger partial charge < -0.3 is 9.72 Å². The molecule has 4 nitrogen and oxygen atoms in total. The lowest BCUT2D eigenvalue weighted by Crippen LogP contribution is -2.29. The number of amides is 1. The Labute approximate surface area is 151 Å². The summed E-state index contributed by atoms with van der Waals surface area (Å²) in [6, 6.07) is 13.6. The fourth-order valence-electron chi connectivity index (χ4n) is 3.47. The predicted molar refractivity (Wildman–Crippen MR) is 104 cm³/mol. The number of rotatable bonds is 3. The van der Waals surface area contributed by atoms with Gasteiger partial charge >= 0.3 is 0 Å². The number of hydrogen-bond donors (Lipinski definition) is 1. The molecule has 1 amide bonds. The van der Waals surface area contributed by atoms with E-state index < -0.39 is 0 Å². The number of para-hydroxylation sites is 1. The number of aryl methyl sites for hydroxylation is 3. The van der Waals surface area contributed by atoms with Gasteiger partial charge in [0.05, 0.1) is 5.52 Å². The largest absolute Gasteiger partial charge is 0.348 e. The molecule has 0 saturated heterocycles. The minimum atomic E-state index is -0.344. The van der Waals surface area contributed by atoms with Crippen LogP contribution in [0.25, 0.3) is 16.3 Å². The molecule has 0 aliphatic carbocycles. The summed E-state index contributed by atoms with van der Waals surface area (Å²) in [4.78, 5) is 25.6. The molecule has 0 unspecified atom stereocenters. The number of carbonyl (C=O) groups excluding carboxylic acids is 1. The van der Waals surface area contributed by atoms with Crippen molar-refractivity contribution in [2.45, 2.75) is 27.3 Å². The highest BCUT2D eigenvalue weighted by atomic mass is 16.2. The first-order valence-electron chi connectivity index (χ1n) is 8.67. The van der Waals surface area contributed by atoms with E-state index >= 15 is 0 Å². The molecule has 0 aliphatic heterocycles. The zero-order valence-electron chi connectivity index (χ0n) is 15.1. The van der Waals surface area contributed by atoms with Crippen molar-refractivity contribution in [2.75, 3.05) is 0 Å². The standard InChI is InChI=1S/C22H20N2O2/c1-13-7-9-16(10-8-13)11-23-22(26)19-12-24-15(3)14(2)17-5-4-6-18(20(17)24)21(19)25/h4-10,12H,11H2,1-3H3,(H,23,26). The summed E-state index contributed by atoms with van der Waals surface area (Å²) in [5.41, 5.74) is 5.20. The zero-order chi connectivity index (χ0) is 18.4. The van der Waals surface area contributed by atoms with E-state index in [2.05, 4.69) is 5.32 Å². The van der Waals surface area contributed by atoms with Crippen molar-refractivity contribution in [1.82, 2.24) is 9.72 Å². The Bertz CT molecular complexity index is 1190. The van der Waals surface area contributed by atoms with E-state index in [1.54, 1.807) is 12.3 Å². The van der Waals surface area contributed by atoms with Crippen molar-refractivity contribution in [3.05, 3.63) is 86.8 Å². The summed E-state index contributed by atoms with van der Waals surface area (Å²) >= 11 is 0. The van der Waals surface area contributed by atoms with Crippen LogP contribution in [-0.2, 0) is 6.54 Å². The van der Waals surface area contributed by atoms with Crippen LogP contribution in [0.15, 0.2) is 53.5 Å². The highest BCUT2D eigenvalue weighted by Crippen LogP contribution is 2.27. The third-order valence-corrected chi connectivity index (χ3v) is 5.15. The minimum Gasteiger partial charge on any atom is -0.348 e. The lowest BCUT2D eigenvalue weighted by molar-refractivity contribution is 0.0949. The van der Waals surface area contributed by atoms with E-state index in [1.807, 2.05) is 61.6 Å². The lowest BCUT2D eigenvalue weighted by Gasteiger charge is -2.08. The van der Waals surface area contributed by atoms with Gasteiger partial charge in [0.2, 0.25) is 5.43 Å². The van der Waals surface area contributed by atoms with E-state index in [1.165, 1.54) is 5.56 Å². The molecular weight excluding hydrogens is 324 g/mol. The molecule has 0 radical (unpaired) electrons. The molecule has 4 heteroatoms. The summed E-state index contributed by atoms with van der Waals surface area (Å²) in [7, 11) is 0. The van der Waals surface area contributed by atoms with Gasteiger partial charge in [0, 0.05) is 29.2 Å². The molecule has 2 aromatic carbocycles. The molecule has 2 heterocycles. The molecule has 4 rings (SSSR count). The van der Waals surface area contributed by atoms with Gasteiger partial charge in [-0.3, -0.25) is 9.59 Å². The van der Waals surface area contributed by atoms with Crippen molar-refractivity contribution in [1.29, 1.82) is 0 Å². The average molecular weight is 344 g/mol. The second-order valence-electron chi connectivity index (χ2n) is 6.82. The average Bonchev–Trinajstić information content (AvgIpc) is 2.89. The number of nitrogens with zero attached hydrogens (tertiary/aromatic N) is 1.